The van der Waals surface area contributed by atoms with Gasteiger partial charge >= 0.3 is 0 Å². The monoisotopic (exact) mass is 155 g/mol. The third kappa shape index (κ3) is 4.48. The minimum atomic E-state index is 0.697. The molecule has 0 spiro atoms. The largest absolute Gasteiger partial charge is 0.497 e. The van der Waals surface area contributed by atoms with Gasteiger partial charge in [-0.3, -0.25) is 0 Å². The molecule has 1 N–H and O–H groups in total. The Morgan fingerprint density at radius 1 is 1.55 bits per heavy atom. The van der Waals surface area contributed by atoms with E-state index in [-0.39, 0.29) is 0 Å². The third-order valence-electron chi connectivity index (χ3n) is 1.38. The van der Waals surface area contributed by atoms with E-state index < -0.39 is 0 Å². The molecular formula is C9H17NO. The smallest absolute Gasteiger partial charge is 0.113 e. The highest BCUT2D eigenvalue weighted by Gasteiger charge is 1.91. The molecule has 0 aromatic heterocycles. The molecule has 0 radical (unpaired) electrons. The van der Waals surface area contributed by atoms with E-state index in [9.17, 15) is 0 Å². The molecule has 0 aliphatic heterocycles. The Morgan fingerprint density at radius 2 is 2.18 bits per heavy atom. The summed E-state index contributed by atoms with van der Waals surface area (Å²) in [5, 5.41) is 3.22. The van der Waals surface area contributed by atoms with E-state index in [1.54, 1.807) is 7.11 Å². The van der Waals surface area contributed by atoms with Gasteiger partial charge in [-0.05, 0) is 19.4 Å². The first-order valence-corrected chi connectivity index (χ1v) is 3.91. The molecule has 0 bridgehead atoms. The lowest BCUT2D eigenvalue weighted by molar-refractivity contribution is 0.308. The lowest BCUT2D eigenvalue weighted by atomic mass is 10.3. The van der Waals surface area contributed by atoms with Crippen LogP contribution in [0, 0.1) is 0 Å². The van der Waals surface area contributed by atoms with Gasteiger partial charge in [0.25, 0.3) is 0 Å². The number of hydrogen-bond donors (Lipinski definition) is 1. The molecule has 0 rings (SSSR count). The highest BCUT2D eigenvalue weighted by molar-refractivity contribution is 5.14. The average molecular weight is 155 g/mol. The summed E-state index contributed by atoms with van der Waals surface area (Å²) in [6.45, 7) is 8.81. The van der Waals surface area contributed by atoms with Crippen LogP contribution in [0.2, 0.25) is 0 Å². The number of hydrogen-bond acceptors (Lipinski definition) is 2. The van der Waals surface area contributed by atoms with Crippen molar-refractivity contribution in [3.8, 4) is 0 Å². The molecule has 2 heteroatoms. The van der Waals surface area contributed by atoms with Crippen molar-refractivity contribution in [3.63, 3.8) is 0 Å². The molecule has 0 aromatic rings. The maximum absolute atomic E-state index is 4.92. The summed E-state index contributed by atoms with van der Waals surface area (Å²) >= 11 is 0. The van der Waals surface area contributed by atoms with Crippen molar-refractivity contribution in [2.45, 2.75) is 20.3 Å². The zero-order valence-electron chi connectivity index (χ0n) is 7.61. The molecule has 0 fully saturated rings. The lowest BCUT2D eigenvalue weighted by Gasteiger charge is -2.06. The summed E-state index contributed by atoms with van der Waals surface area (Å²) in [6, 6.07) is 0. The summed E-state index contributed by atoms with van der Waals surface area (Å²) in [4.78, 5) is 0. The molecule has 0 saturated carbocycles. The van der Waals surface area contributed by atoms with Gasteiger partial charge in [0.1, 0.15) is 5.76 Å². The van der Waals surface area contributed by atoms with E-state index in [0.717, 1.165) is 13.0 Å². The molecule has 0 aliphatic rings. The first kappa shape index (κ1) is 10.1. The van der Waals surface area contributed by atoms with Crippen LogP contribution in [0.3, 0.4) is 0 Å². The Bertz CT molecular complexity index is 150. The molecule has 0 amide bonds. The SMILES string of the molecule is C=C(/C=C(\CC)NCC)OC. The minimum Gasteiger partial charge on any atom is -0.497 e. The van der Waals surface area contributed by atoms with Crippen molar-refractivity contribution >= 4 is 0 Å². The van der Waals surface area contributed by atoms with Gasteiger partial charge in [-0.1, -0.05) is 13.5 Å². The van der Waals surface area contributed by atoms with E-state index in [1.807, 2.05) is 6.08 Å². The van der Waals surface area contributed by atoms with Gasteiger partial charge in [0.15, 0.2) is 0 Å². The fraction of sp³-hybridized carbons (Fsp3) is 0.556. The Morgan fingerprint density at radius 3 is 2.55 bits per heavy atom. The van der Waals surface area contributed by atoms with E-state index in [4.69, 9.17) is 4.74 Å². The maximum Gasteiger partial charge on any atom is 0.113 e. The second-order valence-corrected chi connectivity index (χ2v) is 2.22. The zero-order valence-corrected chi connectivity index (χ0v) is 7.61. The van der Waals surface area contributed by atoms with Crippen LogP contribution in [0.5, 0.6) is 0 Å². The van der Waals surface area contributed by atoms with Gasteiger partial charge in [-0.2, -0.15) is 0 Å². The van der Waals surface area contributed by atoms with Crippen LogP contribution in [0.25, 0.3) is 0 Å². The number of methoxy groups -OCH3 is 1. The van der Waals surface area contributed by atoms with Gasteiger partial charge < -0.3 is 10.1 Å². The topological polar surface area (TPSA) is 21.3 Å². The van der Waals surface area contributed by atoms with Crippen LogP contribution in [0.15, 0.2) is 24.1 Å². The van der Waals surface area contributed by atoms with Crippen LogP contribution in [0.1, 0.15) is 20.3 Å². The molecule has 64 valence electrons. The summed E-state index contributed by atoms with van der Waals surface area (Å²) in [5.74, 6) is 0.697. The van der Waals surface area contributed by atoms with E-state index in [2.05, 4.69) is 25.7 Å². The van der Waals surface area contributed by atoms with Gasteiger partial charge in [0, 0.05) is 12.2 Å². The summed E-state index contributed by atoms with van der Waals surface area (Å²) in [6.07, 6.45) is 2.90. The normalized spacial score (nSPS) is 11.0. The van der Waals surface area contributed by atoms with E-state index in [0.29, 0.717) is 5.76 Å². The first-order valence-electron chi connectivity index (χ1n) is 3.91. The Kier molecular flexibility index (Phi) is 5.35. The second-order valence-electron chi connectivity index (χ2n) is 2.22. The fourth-order valence-electron chi connectivity index (χ4n) is 0.758. The Labute approximate surface area is 68.9 Å². The van der Waals surface area contributed by atoms with Gasteiger partial charge in [0.05, 0.1) is 7.11 Å². The lowest BCUT2D eigenvalue weighted by Crippen LogP contribution is -2.11. The Balaban J connectivity index is 3.99. The zero-order chi connectivity index (χ0) is 8.69. The summed E-state index contributed by atoms with van der Waals surface area (Å²) in [5.41, 5.74) is 1.17. The quantitative estimate of drug-likeness (QED) is 0.484. The predicted octanol–water partition coefficient (Wildman–Crippen LogP) is 2.05. The molecule has 11 heavy (non-hydrogen) atoms. The van der Waals surface area contributed by atoms with Crippen LogP contribution in [-0.4, -0.2) is 13.7 Å². The van der Waals surface area contributed by atoms with Crippen LogP contribution >= 0.6 is 0 Å². The summed E-state index contributed by atoms with van der Waals surface area (Å²) in [7, 11) is 1.62. The van der Waals surface area contributed by atoms with Crippen LogP contribution < -0.4 is 5.32 Å². The number of nitrogens with one attached hydrogen (secondary N) is 1. The number of allylic oxidation sites excluding steroid dienone is 2. The molecule has 0 aliphatic carbocycles. The molecule has 0 heterocycles. The van der Waals surface area contributed by atoms with Gasteiger partial charge in [-0.15, -0.1) is 0 Å². The molecule has 0 saturated heterocycles. The van der Waals surface area contributed by atoms with Crippen molar-refractivity contribution in [2.24, 2.45) is 0 Å². The van der Waals surface area contributed by atoms with Crippen molar-refractivity contribution < 1.29 is 4.74 Å². The third-order valence-corrected chi connectivity index (χ3v) is 1.38. The average Bonchev–Trinajstić information content (AvgIpc) is 2.03. The van der Waals surface area contributed by atoms with Crippen molar-refractivity contribution in [1.29, 1.82) is 0 Å². The van der Waals surface area contributed by atoms with Gasteiger partial charge in [-0.25, -0.2) is 0 Å². The van der Waals surface area contributed by atoms with Crippen molar-refractivity contribution in [3.05, 3.63) is 24.1 Å². The van der Waals surface area contributed by atoms with E-state index >= 15 is 0 Å². The van der Waals surface area contributed by atoms with Crippen LogP contribution in [0.4, 0.5) is 0 Å². The Hall–Kier alpha value is -0.920. The second kappa shape index (κ2) is 5.83. The van der Waals surface area contributed by atoms with Gasteiger partial charge in [0.2, 0.25) is 0 Å². The van der Waals surface area contributed by atoms with Crippen LogP contribution in [-0.2, 0) is 4.74 Å². The van der Waals surface area contributed by atoms with Crippen molar-refractivity contribution in [1.82, 2.24) is 5.32 Å². The standard InChI is InChI=1S/C9H17NO/c1-5-9(10-6-2)7-8(3)11-4/h7,10H,3,5-6H2,1-2,4H3/b9-7+. The molecular weight excluding hydrogens is 138 g/mol. The molecule has 2 nitrogen and oxygen atoms in total. The van der Waals surface area contributed by atoms with E-state index in [1.165, 1.54) is 5.70 Å². The predicted molar refractivity (Wildman–Crippen MR) is 48.2 cm³/mol. The fourth-order valence-corrected chi connectivity index (χ4v) is 0.758. The van der Waals surface area contributed by atoms with Crippen molar-refractivity contribution in [2.75, 3.05) is 13.7 Å². The maximum atomic E-state index is 4.92. The molecule has 0 unspecified atom stereocenters. The number of rotatable bonds is 5. The molecule has 0 aromatic carbocycles. The number of ether oxygens (including phenoxy) is 1. The first-order chi connectivity index (χ1) is 5.24. The minimum absolute atomic E-state index is 0.697. The molecule has 0 atom stereocenters. The summed E-state index contributed by atoms with van der Waals surface area (Å²) < 4.78 is 4.92. The highest BCUT2D eigenvalue weighted by atomic mass is 16.5. The highest BCUT2D eigenvalue weighted by Crippen LogP contribution is 2.01.